The normalized spacial score (nSPS) is 13.1. The van der Waals surface area contributed by atoms with Gasteiger partial charge in [0.15, 0.2) is 11.5 Å². The first-order valence-corrected chi connectivity index (χ1v) is 6.84. The summed E-state index contributed by atoms with van der Waals surface area (Å²) in [5.74, 6) is -1.18. The quantitative estimate of drug-likeness (QED) is 0.639. The molecular formula is C16H16N2O3. The van der Waals surface area contributed by atoms with Gasteiger partial charge in [0.25, 0.3) is 5.91 Å². The van der Waals surface area contributed by atoms with Gasteiger partial charge in [0.2, 0.25) is 0 Å². The standard InChI is InChI=1S/C16H16N2O3/c19-14-5-1-4-12(15(14)20)16(21)18-11-7-6-10-3-2-8-17-13(10)9-11/h1,4-7,9,17,19-20H,2-3,8H2,(H,18,21). The Labute approximate surface area is 122 Å². The molecule has 1 amide bonds. The molecule has 0 atom stereocenters. The van der Waals surface area contributed by atoms with Gasteiger partial charge in [-0.05, 0) is 42.7 Å². The lowest BCUT2D eigenvalue weighted by atomic mass is 10.0. The van der Waals surface area contributed by atoms with Gasteiger partial charge in [0.05, 0.1) is 5.56 Å². The van der Waals surface area contributed by atoms with E-state index >= 15 is 0 Å². The zero-order valence-corrected chi connectivity index (χ0v) is 11.4. The average Bonchev–Trinajstić information content (AvgIpc) is 2.50. The highest BCUT2D eigenvalue weighted by atomic mass is 16.3. The number of carbonyl (C=O) groups excluding carboxylic acids is 1. The van der Waals surface area contributed by atoms with Crippen LogP contribution in [0.5, 0.6) is 11.5 Å². The molecule has 0 fully saturated rings. The van der Waals surface area contributed by atoms with Gasteiger partial charge in [-0.15, -0.1) is 0 Å². The minimum absolute atomic E-state index is 0.0423. The van der Waals surface area contributed by atoms with Crippen LogP contribution < -0.4 is 10.6 Å². The summed E-state index contributed by atoms with van der Waals surface area (Å²) in [6.07, 6.45) is 2.14. The summed E-state index contributed by atoms with van der Waals surface area (Å²) >= 11 is 0. The number of benzene rings is 2. The second kappa shape index (κ2) is 5.36. The van der Waals surface area contributed by atoms with Crippen LogP contribution in [-0.4, -0.2) is 22.7 Å². The summed E-state index contributed by atoms with van der Waals surface area (Å²) < 4.78 is 0. The van der Waals surface area contributed by atoms with Crippen molar-refractivity contribution in [2.75, 3.05) is 17.2 Å². The Balaban J connectivity index is 1.83. The van der Waals surface area contributed by atoms with Gasteiger partial charge in [-0.3, -0.25) is 4.79 Å². The number of hydrogen-bond donors (Lipinski definition) is 4. The highest BCUT2D eigenvalue weighted by Crippen LogP contribution is 2.30. The molecule has 0 unspecified atom stereocenters. The van der Waals surface area contributed by atoms with Gasteiger partial charge in [0, 0.05) is 17.9 Å². The maximum Gasteiger partial charge on any atom is 0.259 e. The Morgan fingerprint density at radius 1 is 1.19 bits per heavy atom. The van der Waals surface area contributed by atoms with Crippen molar-refractivity contribution in [1.82, 2.24) is 0 Å². The molecule has 0 spiro atoms. The van der Waals surface area contributed by atoms with Gasteiger partial charge in [-0.25, -0.2) is 0 Å². The van der Waals surface area contributed by atoms with E-state index in [-0.39, 0.29) is 11.3 Å². The SMILES string of the molecule is O=C(Nc1ccc2c(c1)NCCC2)c1cccc(O)c1O. The van der Waals surface area contributed by atoms with Crippen molar-refractivity contribution in [3.63, 3.8) is 0 Å². The summed E-state index contributed by atoms with van der Waals surface area (Å²) in [6, 6.07) is 10.0. The molecule has 0 aliphatic carbocycles. The number of nitrogens with one attached hydrogen (secondary N) is 2. The van der Waals surface area contributed by atoms with Crippen molar-refractivity contribution in [3.05, 3.63) is 47.5 Å². The number of phenolic OH excluding ortho intramolecular Hbond substituents is 2. The Bertz CT molecular complexity index is 698. The van der Waals surface area contributed by atoms with E-state index < -0.39 is 11.7 Å². The van der Waals surface area contributed by atoms with Crippen molar-refractivity contribution < 1.29 is 15.0 Å². The van der Waals surface area contributed by atoms with Crippen LogP contribution in [-0.2, 0) is 6.42 Å². The van der Waals surface area contributed by atoms with E-state index in [0.717, 1.165) is 25.1 Å². The van der Waals surface area contributed by atoms with E-state index in [1.807, 2.05) is 18.2 Å². The Morgan fingerprint density at radius 2 is 2.05 bits per heavy atom. The number of fused-ring (bicyclic) bond motifs is 1. The number of rotatable bonds is 2. The van der Waals surface area contributed by atoms with Crippen molar-refractivity contribution in [2.45, 2.75) is 12.8 Å². The summed E-state index contributed by atoms with van der Waals surface area (Å²) in [5, 5.41) is 25.2. The zero-order chi connectivity index (χ0) is 14.8. The number of phenols is 2. The maximum atomic E-state index is 12.2. The lowest BCUT2D eigenvalue weighted by molar-refractivity contribution is 0.102. The fourth-order valence-corrected chi connectivity index (χ4v) is 2.45. The third kappa shape index (κ3) is 2.63. The summed E-state index contributed by atoms with van der Waals surface area (Å²) in [6.45, 7) is 0.928. The molecule has 21 heavy (non-hydrogen) atoms. The lowest BCUT2D eigenvalue weighted by Gasteiger charge is -2.19. The highest BCUT2D eigenvalue weighted by Gasteiger charge is 2.15. The maximum absolute atomic E-state index is 12.2. The number of para-hydroxylation sites is 1. The van der Waals surface area contributed by atoms with Crippen LogP contribution in [0.2, 0.25) is 0 Å². The summed E-state index contributed by atoms with van der Waals surface area (Å²) in [7, 11) is 0. The monoisotopic (exact) mass is 284 g/mol. The van der Waals surface area contributed by atoms with E-state index in [0.29, 0.717) is 5.69 Å². The van der Waals surface area contributed by atoms with Gasteiger partial charge < -0.3 is 20.8 Å². The van der Waals surface area contributed by atoms with Crippen molar-refractivity contribution >= 4 is 17.3 Å². The molecule has 1 heterocycles. The number of hydrogen-bond acceptors (Lipinski definition) is 4. The smallest absolute Gasteiger partial charge is 0.259 e. The molecule has 0 saturated heterocycles. The van der Waals surface area contributed by atoms with Gasteiger partial charge >= 0.3 is 0 Å². The van der Waals surface area contributed by atoms with E-state index in [9.17, 15) is 15.0 Å². The molecule has 2 aromatic rings. The Hall–Kier alpha value is -2.69. The Kier molecular flexibility index (Phi) is 3.39. The summed E-state index contributed by atoms with van der Waals surface area (Å²) in [4.78, 5) is 12.2. The second-order valence-corrected chi connectivity index (χ2v) is 5.03. The van der Waals surface area contributed by atoms with Crippen LogP contribution >= 0.6 is 0 Å². The fraction of sp³-hybridized carbons (Fsp3) is 0.188. The van der Waals surface area contributed by atoms with Gasteiger partial charge in [0.1, 0.15) is 0 Å². The molecule has 108 valence electrons. The first-order valence-electron chi connectivity index (χ1n) is 6.84. The topological polar surface area (TPSA) is 81.6 Å². The molecule has 4 N–H and O–H groups in total. The molecule has 0 bridgehead atoms. The third-order valence-corrected chi connectivity index (χ3v) is 3.57. The molecule has 2 aromatic carbocycles. The first kappa shape index (κ1) is 13.3. The minimum Gasteiger partial charge on any atom is -0.504 e. The van der Waals surface area contributed by atoms with Crippen molar-refractivity contribution in [2.24, 2.45) is 0 Å². The number of amides is 1. The first-order chi connectivity index (χ1) is 10.1. The van der Waals surface area contributed by atoms with Crippen LogP contribution in [0.3, 0.4) is 0 Å². The molecule has 5 nitrogen and oxygen atoms in total. The largest absolute Gasteiger partial charge is 0.504 e. The molecule has 1 aliphatic rings. The zero-order valence-electron chi connectivity index (χ0n) is 11.4. The highest BCUT2D eigenvalue weighted by molar-refractivity contribution is 6.06. The number of carbonyl (C=O) groups is 1. The third-order valence-electron chi connectivity index (χ3n) is 3.57. The van der Waals surface area contributed by atoms with E-state index in [1.54, 1.807) is 0 Å². The molecule has 1 aliphatic heterocycles. The fourth-order valence-electron chi connectivity index (χ4n) is 2.45. The van der Waals surface area contributed by atoms with Gasteiger partial charge in [-0.2, -0.15) is 0 Å². The molecule has 0 radical (unpaired) electrons. The average molecular weight is 284 g/mol. The summed E-state index contributed by atoms with van der Waals surface area (Å²) in [5.41, 5.74) is 2.95. The molecule has 0 saturated carbocycles. The minimum atomic E-state index is -0.459. The van der Waals surface area contributed by atoms with Crippen LogP contribution in [0, 0.1) is 0 Å². The molecular weight excluding hydrogens is 268 g/mol. The molecule has 3 rings (SSSR count). The van der Waals surface area contributed by atoms with E-state index in [4.69, 9.17) is 0 Å². The number of aryl methyl sites for hydroxylation is 1. The van der Waals surface area contributed by atoms with E-state index in [2.05, 4.69) is 10.6 Å². The Morgan fingerprint density at radius 3 is 2.90 bits per heavy atom. The number of anilines is 2. The van der Waals surface area contributed by atoms with Crippen LogP contribution in [0.15, 0.2) is 36.4 Å². The predicted octanol–water partition coefficient (Wildman–Crippen LogP) is 2.71. The van der Waals surface area contributed by atoms with Crippen LogP contribution in [0.4, 0.5) is 11.4 Å². The van der Waals surface area contributed by atoms with Crippen LogP contribution in [0.1, 0.15) is 22.3 Å². The van der Waals surface area contributed by atoms with Crippen LogP contribution in [0.25, 0.3) is 0 Å². The van der Waals surface area contributed by atoms with Crippen molar-refractivity contribution in [3.8, 4) is 11.5 Å². The predicted molar refractivity (Wildman–Crippen MR) is 81.0 cm³/mol. The second-order valence-electron chi connectivity index (χ2n) is 5.03. The molecule has 5 heteroatoms. The van der Waals surface area contributed by atoms with Crippen molar-refractivity contribution in [1.29, 1.82) is 0 Å². The lowest BCUT2D eigenvalue weighted by Crippen LogP contribution is -2.14. The van der Waals surface area contributed by atoms with E-state index in [1.165, 1.54) is 23.8 Å². The van der Waals surface area contributed by atoms with Gasteiger partial charge in [-0.1, -0.05) is 12.1 Å². The number of aromatic hydroxyl groups is 2. The molecule has 0 aromatic heterocycles.